The molecule has 8 heteroatoms. The molecule has 0 unspecified atom stereocenters. The molecule has 1 aromatic heterocycles. The molecule has 3 nitrogen and oxygen atoms in total. The molecule has 1 aliphatic rings. The molecule has 1 amide bonds. The second-order valence-electron chi connectivity index (χ2n) is 5.82. The Bertz CT molecular complexity index is 1140. The van der Waals surface area contributed by atoms with Gasteiger partial charge in [0.1, 0.15) is 17.3 Å². The first-order valence-corrected chi connectivity index (χ1v) is 9.99. The van der Waals surface area contributed by atoms with Gasteiger partial charge in [-0.05, 0) is 48.5 Å². The zero-order valence-corrected chi connectivity index (χ0v) is 17.1. The Morgan fingerprint density at radius 3 is 2.68 bits per heavy atom. The van der Waals surface area contributed by atoms with Crippen LogP contribution in [0.4, 0.5) is 10.1 Å². The second-order valence-corrected chi connectivity index (χ2v) is 8.34. The van der Waals surface area contributed by atoms with Crippen LogP contribution in [0.2, 0.25) is 10.0 Å². The van der Waals surface area contributed by atoms with Gasteiger partial charge in [0.15, 0.2) is 4.32 Å². The van der Waals surface area contributed by atoms with Gasteiger partial charge in [-0.25, -0.2) is 4.39 Å². The smallest absolute Gasteiger partial charge is 0.270 e. The molecule has 0 radical (unpaired) electrons. The summed E-state index contributed by atoms with van der Waals surface area (Å²) < 4.78 is 19.6. The standard InChI is InChI=1S/C20H10Cl2FNO2S2/c21-11-4-6-15(16(22)8-11)17-7-5-14(26-17)10-18-19(25)24(20(27)28-18)13-3-1-2-12(23)9-13/h1-10H/b18-10-. The summed E-state index contributed by atoms with van der Waals surface area (Å²) in [6.07, 6.45) is 1.60. The van der Waals surface area contributed by atoms with Crippen LogP contribution in [0.5, 0.6) is 0 Å². The monoisotopic (exact) mass is 449 g/mol. The Morgan fingerprint density at radius 2 is 1.93 bits per heavy atom. The van der Waals surface area contributed by atoms with Crippen LogP contribution in [-0.2, 0) is 4.79 Å². The number of carbonyl (C=O) groups excluding carboxylic acids is 1. The van der Waals surface area contributed by atoms with Crippen molar-refractivity contribution in [1.82, 2.24) is 0 Å². The van der Waals surface area contributed by atoms with Crippen molar-refractivity contribution in [3.8, 4) is 11.3 Å². The number of benzene rings is 2. The molecular weight excluding hydrogens is 440 g/mol. The van der Waals surface area contributed by atoms with Gasteiger partial charge in [-0.1, -0.05) is 53.2 Å². The zero-order valence-electron chi connectivity index (χ0n) is 14.0. The highest BCUT2D eigenvalue weighted by molar-refractivity contribution is 8.27. The fourth-order valence-corrected chi connectivity index (χ4v) is 4.48. The summed E-state index contributed by atoms with van der Waals surface area (Å²) >= 11 is 18.6. The van der Waals surface area contributed by atoms with Gasteiger partial charge in [-0.3, -0.25) is 9.69 Å². The molecule has 1 aliphatic heterocycles. The van der Waals surface area contributed by atoms with Crippen molar-refractivity contribution < 1.29 is 13.6 Å². The number of thiocarbonyl (C=S) groups is 1. The Kier molecular flexibility index (Phi) is 5.29. The lowest BCUT2D eigenvalue weighted by molar-refractivity contribution is -0.113. The largest absolute Gasteiger partial charge is 0.457 e. The highest BCUT2D eigenvalue weighted by Crippen LogP contribution is 2.37. The van der Waals surface area contributed by atoms with Crippen molar-refractivity contribution in [2.24, 2.45) is 0 Å². The van der Waals surface area contributed by atoms with E-state index >= 15 is 0 Å². The number of halogens is 3. The van der Waals surface area contributed by atoms with Gasteiger partial charge >= 0.3 is 0 Å². The Balaban J connectivity index is 1.62. The van der Waals surface area contributed by atoms with Crippen LogP contribution in [-0.4, -0.2) is 10.2 Å². The number of anilines is 1. The van der Waals surface area contributed by atoms with E-state index in [1.54, 1.807) is 42.5 Å². The van der Waals surface area contributed by atoms with Gasteiger partial charge in [-0.15, -0.1) is 0 Å². The predicted molar refractivity (Wildman–Crippen MR) is 116 cm³/mol. The van der Waals surface area contributed by atoms with Crippen molar-refractivity contribution in [2.45, 2.75) is 0 Å². The molecule has 0 saturated carbocycles. The number of hydrogen-bond donors (Lipinski definition) is 0. The molecule has 2 aromatic carbocycles. The third-order valence-electron chi connectivity index (χ3n) is 3.96. The molecule has 2 heterocycles. The van der Waals surface area contributed by atoms with Crippen LogP contribution in [0.3, 0.4) is 0 Å². The summed E-state index contributed by atoms with van der Waals surface area (Å²) in [4.78, 5) is 14.4. The maximum atomic E-state index is 13.5. The summed E-state index contributed by atoms with van der Waals surface area (Å²) in [6, 6.07) is 14.3. The third kappa shape index (κ3) is 3.73. The van der Waals surface area contributed by atoms with Crippen molar-refractivity contribution in [1.29, 1.82) is 0 Å². The number of hydrogen-bond acceptors (Lipinski definition) is 4. The topological polar surface area (TPSA) is 33.5 Å². The van der Waals surface area contributed by atoms with Gasteiger partial charge in [0.2, 0.25) is 0 Å². The lowest BCUT2D eigenvalue weighted by atomic mass is 10.2. The number of carbonyl (C=O) groups is 1. The van der Waals surface area contributed by atoms with E-state index in [4.69, 9.17) is 39.8 Å². The fourth-order valence-electron chi connectivity index (χ4n) is 2.70. The van der Waals surface area contributed by atoms with E-state index in [1.807, 2.05) is 0 Å². The van der Waals surface area contributed by atoms with Crippen molar-refractivity contribution in [3.05, 3.63) is 81.1 Å². The van der Waals surface area contributed by atoms with Crippen LogP contribution in [0.25, 0.3) is 17.4 Å². The highest BCUT2D eigenvalue weighted by Gasteiger charge is 2.33. The molecule has 0 spiro atoms. The van der Waals surface area contributed by atoms with E-state index in [9.17, 15) is 9.18 Å². The molecule has 3 aromatic rings. The number of amides is 1. The van der Waals surface area contributed by atoms with Gasteiger partial charge in [0.25, 0.3) is 5.91 Å². The summed E-state index contributed by atoms with van der Waals surface area (Å²) in [6.45, 7) is 0. The van der Waals surface area contributed by atoms with Gasteiger partial charge in [-0.2, -0.15) is 0 Å². The minimum Gasteiger partial charge on any atom is -0.457 e. The number of nitrogens with zero attached hydrogens (tertiary/aromatic N) is 1. The molecule has 0 aliphatic carbocycles. The van der Waals surface area contributed by atoms with E-state index in [0.29, 0.717) is 42.0 Å². The first-order chi connectivity index (χ1) is 13.4. The third-order valence-corrected chi connectivity index (χ3v) is 5.81. The molecule has 0 atom stereocenters. The van der Waals surface area contributed by atoms with Crippen LogP contribution in [0.15, 0.2) is 63.9 Å². The molecule has 1 fully saturated rings. The van der Waals surface area contributed by atoms with E-state index in [-0.39, 0.29) is 5.91 Å². The first-order valence-electron chi connectivity index (χ1n) is 8.01. The van der Waals surface area contributed by atoms with E-state index < -0.39 is 5.82 Å². The fraction of sp³-hybridized carbons (Fsp3) is 0. The summed E-state index contributed by atoms with van der Waals surface area (Å²) in [5.74, 6) is 0.253. The maximum Gasteiger partial charge on any atom is 0.270 e. The minimum absolute atomic E-state index is 0.328. The summed E-state index contributed by atoms with van der Waals surface area (Å²) in [5, 5.41) is 0.993. The molecule has 140 valence electrons. The molecule has 0 N–H and O–H groups in total. The van der Waals surface area contributed by atoms with Crippen molar-refractivity contribution in [2.75, 3.05) is 4.90 Å². The van der Waals surface area contributed by atoms with Gasteiger partial charge in [0, 0.05) is 16.7 Å². The normalized spacial score (nSPS) is 15.7. The SMILES string of the molecule is O=C1/C(=C/c2ccc(-c3ccc(Cl)cc3Cl)o2)SC(=S)N1c1cccc(F)c1. The number of furan rings is 1. The Labute approximate surface area is 179 Å². The molecular formula is C20H10Cl2FNO2S2. The predicted octanol–water partition coefficient (Wildman–Crippen LogP) is 6.80. The average molecular weight is 450 g/mol. The van der Waals surface area contributed by atoms with E-state index in [0.717, 1.165) is 11.8 Å². The molecule has 28 heavy (non-hydrogen) atoms. The quantitative estimate of drug-likeness (QED) is 0.325. The Hall–Kier alpha value is -2.12. The lowest BCUT2D eigenvalue weighted by Gasteiger charge is -2.14. The van der Waals surface area contributed by atoms with Crippen LogP contribution < -0.4 is 4.90 Å². The number of thioether (sulfide) groups is 1. The van der Waals surface area contributed by atoms with E-state index in [1.165, 1.54) is 23.1 Å². The van der Waals surface area contributed by atoms with Crippen LogP contribution >= 0.6 is 47.2 Å². The average Bonchev–Trinajstić information content (AvgIpc) is 3.20. The van der Waals surface area contributed by atoms with Crippen molar-refractivity contribution in [3.63, 3.8) is 0 Å². The Morgan fingerprint density at radius 1 is 1.11 bits per heavy atom. The summed E-state index contributed by atoms with van der Waals surface area (Å²) in [5.41, 5.74) is 1.08. The van der Waals surface area contributed by atoms with Crippen LogP contribution in [0, 0.1) is 5.82 Å². The van der Waals surface area contributed by atoms with Crippen LogP contribution in [0.1, 0.15) is 5.76 Å². The van der Waals surface area contributed by atoms with Gasteiger partial charge < -0.3 is 4.42 Å². The zero-order chi connectivity index (χ0) is 19.8. The highest BCUT2D eigenvalue weighted by atomic mass is 35.5. The van der Waals surface area contributed by atoms with E-state index in [2.05, 4.69) is 0 Å². The minimum atomic E-state index is -0.439. The molecule has 0 bridgehead atoms. The molecule has 4 rings (SSSR count). The molecule has 1 saturated heterocycles. The first kappa shape index (κ1) is 19.2. The summed E-state index contributed by atoms with van der Waals surface area (Å²) in [7, 11) is 0. The maximum absolute atomic E-state index is 13.5. The van der Waals surface area contributed by atoms with Gasteiger partial charge in [0.05, 0.1) is 15.6 Å². The van der Waals surface area contributed by atoms with Crippen molar-refractivity contribution >= 4 is 69.2 Å². The number of rotatable bonds is 3. The second kappa shape index (κ2) is 7.72. The lowest BCUT2D eigenvalue weighted by Crippen LogP contribution is -2.27.